The number of hydrogen-bond acceptors (Lipinski definition) is 6. The van der Waals surface area contributed by atoms with Gasteiger partial charge in [0.2, 0.25) is 0 Å². The minimum atomic E-state index is -1.63. The number of nitrogens with zero attached hydrogens (tertiary/aromatic N) is 2. The summed E-state index contributed by atoms with van der Waals surface area (Å²) in [5, 5.41) is 16.7. The molecule has 19 heavy (non-hydrogen) atoms. The molecule has 0 saturated carbocycles. The van der Waals surface area contributed by atoms with Gasteiger partial charge in [-0.1, -0.05) is 23.7 Å². The van der Waals surface area contributed by atoms with Crippen LogP contribution in [0, 0.1) is 12.3 Å². The largest absolute Gasteiger partial charge is 0.480 e. The lowest BCUT2D eigenvalue weighted by Gasteiger charge is -2.25. The van der Waals surface area contributed by atoms with Crippen LogP contribution in [0.5, 0.6) is 0 Å². The third-order valence-corrected chi connectivity index (χ3v) is 2.97. The summed E-state index contributed by atoms with van der Waals surface area (Å²) in [5.41, 5.74) is -0.788. The van der Waals surface area contributed by atoms with Crippen LogP contribution < -0.4 is 0 Å². The van der Waals surface area contributed by atoms with E-state index in [1.165, 1.54) is 0 Å². The second kappa shape index (κ2) is 6.31. The van der Waals surface area contributed by atoms with Gasteiger partial charge in [0.1, 0.15) is 11.4 Å². The number of esters is 1. The summed E-state index contributed by atoms with van der Waals surface area (Å²) in [6, 6.07) is 0. The topological polar surface area (TPSA) is 103 Å². The van der Waals surface area contributed by atoms with E-state index >= 15 is 0 Å². The number of aliphatic carboxylic acids is 1. The van der Waals surface area contributed by atoms with E-state index in [1.807, 2.05) is 6.92 Å². The quantitative estimate of drug-likeness (QED) is 0.589. The van der Waals surface area contributed by atoms with E-state index in [4.69, 9.17) is 4.74 Å². The summed E-state index contributed by atoms with van der Waals surface area (Å²) in [5.74, 6) is -1.96. The van der Waals surface area contributed by atoms with Crippen LogP contribution in [0.4, 0.5) is 0 Å². The van der Waals surface area contributed by atoms with Gasteiger partial charge >= 0.3 is 11.9 Å². The molecule has 0 saturated heterocycles. The van der Waals surface area contributed by atoms with Crippen LogP contribution >= 0.6 is 0 Å². The van der Waals surface area contributed by atoms with E-state index in [1.54, 1.807) is 13.8 Å². The standard InChI is InChI=1S/C12H18N2O5/c1-4-6-12(10(15)16,11(17)18-5-2)7-9-8(3)13-19-14-9/h4-7H2,1-3H3,(H,15,16). The minimum absolute atomic E-state index is 0.0790. The first-order valence-electron chi connectivity index (χ1n) is 6.16. The van der Waals surface area contributed by atoms with Gasteiger partial charge in [0.05, 0.1) is 6.61 Å². The fraction of sp³-hybridized carbons (Fsp3) is 0.667. The molecular formula is C12H18N2O5. The molecule has 1 aromatic heterocycles. The summed E-state index contributed by atoms with van der Waals surface area (Å²) >= 11 is 0. The predicted octanol–water partition coefficient (Wildman–Crippen LogP) is 1.35. The average molecular weight is 270 g/mol. The van der Waals surface area contributed by atoms with Gasteiger partial charge in [-0.15, -0.1) is 0 Å². The van der Waals surface area contributed by atoms with E-state index in [0.29, 0.717) is 17.8 Å². The molecule has 0 fully saturated rings. The molecule has 7 nitrogen and oxygen atoms in total. The van der Waals surface area contributed by atoms with Crippen molar-refractivity contribution in [1.82, 2.24) is 10.3 Å². The van der Waals surface area contributed by atoms with Gasteiger partial charge in [0.15, 0.2) is 5.41 Å². The van der Waals surface area contributed by atoms with E-state index in [9.17, 15) is 14.7 Å². The first kappa shape index (κ1) is 15.1. The Kier molecular flexibility index (Phi) is 5.02. The Morgan fingerprint density at radius 2 is 2.05 bits per heavy atom. The normalized spacial score (nSPS) is 13.8. The van der Waals surface area contributed by atoms with Crippen molar-refractivity contribution in [2.75, 3.05) is 6.61 Å². The molecule has 0 amide bonds. The fourth-order valence-electron chi connectivity index (χ4n) is 1.92. The molecule has 0 bridgehead atoms. The Morgan fingerprint density at radius 3 is 2.47 bits per heavy atom. The van der Waals surface area contributed by atoms with Gasteiger partial charge < -0.3 is 9.84 Å². The summed E-state index contributed by atoms with van der Waals surface area (Å²) in [6.07, 6.45) is 0.632. The fourth-order valence-corrected chi connectivity index (χ4v) is 1.92. The lowest BCUT2D eigenvalue weighted by Crippen LogP contribution is -2.43. The molecule has 0 spiro atoms. The van der Waals surface area contributed by atoms with Crippen LogP contribution in [-0.2, 0) is 20.7 Å². The number of ether oxygens (including phenoxy) is 1. The lowest BCUT2D eigenvalue weighted by atomic mass is 9.78. The molecule has 1 atom stereocenters. The monoisotopic (exact) mass is 270 g/mol. The van der Waals surface area contributed by atoms with Crippen molar-refractivity contribution in [1.29, 1.82) is 0 Å². The van der Waals surface area contributed by atoms with Crippen molar-refractivity contribution in [3.8, 4) is 0 Å². The maximum Gasteiger partial charge on any atom is 0.323 e. The van der Waals surface area contributed by atoms with Crippen molar-refractivity contribution < 1.29 is 24.1 Å². The summed E-state index contributed by atoms with van der Waals surface area (Å²) in [4.78, 5) is 23.6. The number of carboxylic acids is 1. The zero-order valence-electron chi connectivity index (χ0n) is 11.3. The molecule has 7 heteroatoms. The highest BCUT2D eigenvalue weighted by molar-refractivity contribution is 5.99. The number of carbonyl (C=O) groups is 2. The molecule has 0 aliphatic heterocycles. The molecule has 0 aliphatic rings. The van der Waals surface area contributed by atoms with Gasteiger partial charge in [-0.05, 0) is 20.3 Å². The summed E-state index contributed by atoms with van der Waals surface area (Å²) in [7, 11) is 0. The Hall–Kier alpha value is -1.92. The van der Waals surface area contributed by atoms with Crippen molar-refractivity contribution in [2.45, 2.75) is 40.0 Å². The Bertz CT molecular complexity index is 457. The van der Waals surface area contributed by atoms with Crippen molar-refractivity contribution in [3.05, 3.63) is 11.4 Å². The highest BCUT2D eigenvalue weighted by Gasteiger charge is 2.48. The zero-order valence-corrected chi connectivity index (χ0v) is 11.3. The van der Waals surface area contributed by atoms with Gasteiger partial charge in [-0.25, -0.2) is 4.63 Å². The second-order valence-electron chi connectivity index (χ2n) is 4.33. The second-order valence-corrected chi connectivity index (χ2v) is 4.33. The Balaban J connectivity index is 3.12. The molecule has 1 rings (SSSR count). The van der Waals surface area contributed by atoms with Crippen LogP contribution in [0.3, 0.4) is 0 Å². The minimum Gasteiger partial charge on any atom is -0.480 e. The highest BCUT2D eigenvalue weighted by atomic mass is 16.6. The van der Waals surface area contributed by atoms with Crippen LogP contribution in [-0.4, -0.2) is 34.0 Å². The van der Waals surface area contributed by atoms with Crippen molar-refractivity contribution in [2.24, 2.45) is 5.41 Å². The van der Waals surface area contributed by atoms with E-state index in [2.05, 4.69) is 14.9 Å². The average Bonchev–Trinajstić information content (AvgIpc) is 2.74. The number of hydrogen-bond donors (Lipinski definition) is 1. The number of aromatic nitrogens is 2. The molecule has 1 N–H and O–H groups in total. The Labute approximate surface area is 110 Å². The van der Waals surface area contributed by atoms with Gasteiger partial charge in [-0.3, -0.25) is 9.59 Å². The number of aryl methyl sites for hydroxylation is 1. The smallest absolute Gasteiger partial charge is 0.323 e. The summed E-state index contributed by atoms with van der Waals surface area (Å²) in [6.45, 7) is 5.23. The summed E-state index contributed by atoms with van der Waals surface area (Å²) < 4.78 is 9.46. The van der Waals surface area contributed by atoms with Crippen LogP contribution in [0.25, 0.3) is 0 Å². The first-order chi connectivity index (χ1) is 8.97. The number of carbonyl (C=O) groups excluding carboxylic acids is 1. The maximum atomic E-state index is 12.1. The molecule has 1 unspecified atom stereocenters. The van der Waals surface area contributed by atoms with Crippen LogP contribution in [0.15, 0.2) is 4.63 Å². The van der Waals surface area contributed by atoms with Crippen molar-refractivity contribution >= 4 is 11.9 Å². The lowest BCUT2D eigenvalue weighted by molar-refractivity contribution is -0.169. The van der Waals surface area contributed by atoms with E-state index in [0.717, 1.165) is 0 Å². The molecule has 1 aromatic rings. The SMILES string of the molecule is CCCC(Cc1nonc1C)(C(=O)O)C(=O)OCC. The maximum absolute atomic E-state index is 12.1. The van der Waals surface area contributed by atoms with Crippen molar-refractivity contribution in [3.63, 3.8) is 0 Å². The van der Waals surface area contributed by atoms with Gasteiger partial charge in [-0.2, -0.15) is 0 Å². The Morgan fingerprint density at radius 1 is 1.37 bits per heavy atom. The molecule has 1 heterocycles. The molecule has 106 valence electrons. The molecule has 0 aliphatic carbocycles. The van der Waals surface area contributed by atoms with Crippen LogP contribution in [0.1, 0.15) is 38.1 Å². The molecule has 0 radical (unpaired) electrons. The zero-order chi connectivity index (χ0) is 14.5. The third kappa shape index (κ3) is 3.10. The van der Waals surface area contributed by atoms with E-state index < -0.39 is 17.4 Å². The molecule has 0 aromatic carbocycles. The van der Waals surface area contributed by atoms with Gasteiger partial charge in [0, 0.05) is 6.42 Å². The molecular weight excluding hydrogens is 252 g/mol. The van der Waals surface area contributed by atoms with Gasteiger partial charge in [0.25, 0.3) is 0 Å². The number of carboxylic acid groups (broad SMARTS) is 1. The predicted molar refractivity (Wildman–Crippen MR) is 64.3 cm³/mol. The van der Waals surface area contributed by atoms with Crippen LogP contribution in [0.2, 0.25) is 0 Å². The van der Waals surface area contributed by atoms with E-state index in [-0.39, 0.29) is 19.4 Å². The third-order valence-electron chi connectivity index (χ3n) is 2.97. The first-order valence-corrected chi connectivity index (χ1v) is 6.16. The highest BCUT2D eigenvalue weighted by Crippen LogP contribution is 2.31. The number of rotatable bonds is 7.